The molecule has 0 unspecified atom stereocenters. The monoisotopic (exact) mass is 483 g/mol. The first-order chi connectivity index (χ1) is 17.5. The molecule has 6 nitrogen and oxygen atoms in total. The number of fused-ring (bicyclic) bond motifs is 1. The van der Waals surface area contributed by atoms with E-state index in [1.807, 2.05) is 38.1 Å². The molecule has 36 heavy (non-hydrogen) atoms. The van der Waals surface area contributed by atoms with Crippen LogP contribution in [-0.4, -0.2) is 29.3 Å². The molecule has 0 saturated carbocycles. The molecule has 5 rings (SSSR count). The number of nitrogens with one attached hydrogen (secondary N) is 1. The molecule has 4 aromatic rings. The molecule has 1 aliphatic rings. The third kappa shape index (κ3) is 4.81. The summed E-state index contributed by atoms with van der Waals surface area (Å²) in [6.07, 6.45) is 6.54. The zero-order valence-corrected chi connectivity index (χ0v) is 21.3. The van der Waals surface area contributed by atoms with Gasteiger partial charge in [0, 0.05) is 34.6 Å². The van der Waals surface area contributed by atoms with Gasteiger partial charge in [-0.05, 0) is 94.0 Å². The van der Waals surface area contributed by atoms with Gasteiger partial charge in [-0.3, -0.25) is 4.79 Å². The zero-order valence-electron chi connectivity index (χ0n) is 21.3. The van der Waals surface area contributed by atoms with Crippen molar-refractivity contribution >= 4 is 5.91 Å². The summed E-state index contributed by atoms with van der Waals surface area (Å²) in [6.45, 7) is 4.36. The molecule has 2 aromatic heterocycles. The SMILES string of the molecule is COc1cccc(-c2cc3c(n2-c2ccc(C(=O)NCCc4c(C)noc4C)cc2)CCCCC3)c1. The number of carbonyl (C=O) groups excluding carboxylic acids is 1. The minimum Gasteiger partial charge on any atom is -0.497 e. The summed E-state index contributed by atoms with van der Waals surface area (Å²) in [4.78, 5) is 12.8. The third-order valence-electron chi connectivity index (χ3n) is 7.15. The summed E-state index contributed by atoms with van der Waals surface area (Å²) < 4.78 is 13.1. The number of nitrogens with zero attached hydrogens (tertiary/aromatic N) is 2. The van der Waals surface area contributed by atoms with Crippen LogP contribution in [0.5, 0.6) is 5.75 Å². The minimum atomic E-state index is -0.0762. The summed E-state index contributed by atoms with van der Waals surface area (Å²) >= 11 is 0. The molecule has 6 heteroatoms. The Morgan fingerprint density at radius 2 is 1.86 bits per heavy atom. The van der Waals surface area contributed by atoms with E-state index in [9.17, 15) is 4.79 Å². The van der Waals surface area contributed by atoms with Crippen LogP contribution in [-0.2, 0) is 19.3 Å². The van der Waals surface area contributed by atoms with Gasteiger partial charge >= 0.3 is 0 Å². The van der Waals surface area contributed by atoms with Crippen molar-refractivity contribution in [3.8, 4) is 22.7 Å². The van der Waals surface area contributed by atoms with Crippen molar-refractivity contribution < 1.29 is 14.1 Å². The third-order valence-corrected chi connectivity index (χ3v) is 7.15. The van der Waals surface area contributed by atoms with Crippen molar-refractivity contribution in [1.29, 1.82) is 0 Å². The smallest absolute Gasteiger partial charge is 0.251 e. The summed E-state index contributed by atoms with van der Waals surface area (Å²) in [6, 6.07) is 18.5. The molecule has 0 saturated heterocycles. The van der Waals surface area contributed by atoms with Crippen LogP contribution in [0.1, 0.15) is 57.9 Å². The van der Waals surface area contributed by atoms with E-state index in [4.69, 9.17) is 9.26 Å². The van der Waals surface area contributed by atoms with Crippen LogP contribution in [0.15, 0.2) is 59.1 Å². The maximum atomic E-state index is 12.8. The average molecular weight is 484 g/mol. The molecule has 0 atom stereocenters. The predicted molar refractivity (Wildman–Crippen MR) is 141 cm³/mol. The molecule has 0 fully saturated rings. The molecule has 186 valence electrons. The first kappa shape index (κ1) is 23.9. The Morgan fingerprint density at radius 3 is 2.61 bits per heavy atom. The summed E-state index contributed by atoms with van der Waals surface area (Å²) in [5.74, 6) is 1.58. The van der Waals surface area contributed by atoms with Crippen molar-refractivity contribution in [3.63, 3.8) is 0 Å². The van der Waals surface area contributed by atoms with Crippen molar-refractivity contribution in [2.24, 2.45) is 0 Å². The molecule has 1 amide bonds. The minimum absolute atomic E-state index is 0.0762. The fourth-order valence-corrected chi connectivity index (χ4v) is 5.19. The molecular weight excluding hydrogens is 450 g/mol. The summed E-state index contributed by atoms with van der Waals surface area (Å²) in [5, 5.41) is 7.01. The molecule has 0 spiro atoms. The van der Waals surface area contributed by atoms with Crippen LogP contribution in [0.2, 0.25) is 0 Å². The number of amides is 1. The molecule has 0 bridgehead atoms. The van der Waals surface area contributed by atoms with E-state index in [1.54, 1.807) is 7.11 Å². The predicted octanol–water partition coefficient (Wildman–Crippen LogP) is 6.00. The van der Waals surface area contributed by atoms with Crippen LogP contribution in [0.3, 0.4) is 0 Å². The Labute approximate surface area is 212 Å². The highest BCUT2D eigenvalue weighted by Gasteiger charge is 2.20. The molecule has 0 aliphatic heterocycles. The van der Waals surface area contributed by atoms with Gasteiger partial charge in [-0.2, -0.15) is 0 Å². The number of hydrogen-bond donors (Lipinski definition) is 1. The van der Waals surface area contributed by atoms with Crippen molar-refractivity contribution in [2.45, 2.75) is 52.4 Å². The Bertz CT molecular complexity index is 1350. The van der Waals surface area contributed by atoms with E-state index in [0.29, 0.717) is 18.5 Å². The van der Waals surface area contributed by atoms with Gasteiger partial charge in [-0.25, -0.2) is 0 Å². The average Bonchev–Trinajstić information content (AvgIpc) is 3.33. The van der Waals surface area contributed by atoms with Crippen molar-refractivity contribution in [2.75, 3.05) is 13.7 Å². The maximum absolute atomic E-state index is 12.8. The fourth-order valence-electron chi connectivity index (χ4n) is 5.19. The van der Waals surface area contributed by atoms with Gasteiger partial charge in [0.2, 0.25) is 0 Å². The highest BCUT2D eigenvalue weighted by molar-refractivity contribution is 5.94. The second-order valence-corrected chi connectivity index (χ2v) is 9.49. The highest BCUT2D eigenvalue weighted by atomic mass is 16.5. The summed E-state index contributed by atoms with van der Waals surface area (Å²) in [7, 11) is 1.70. The van der Waals surface area contributed by atoms with Crippen LogP contribution in [0.25, 0.3) is 16.9 Å². The second kappa shape index (κ2) is 10.4. The Hall–Kier alpha value is -3.80. The lowest BCUT2D eigenvalue weighted by molar-refractivity contribution is 0.0954. The van der Waals surface area contributed by atoms with Crippen LogP contribution >= 0.6 is 0 Å². The number of rotatable bonds is 7. The van der Waals surface area contributed by atoms with Gasteiger partial charge < -0.3 is 19.1 Å². The molecular formula is C30H33N3O3. The van der Waals surface area contributed by atoms with Crippen LogP contribution in [0, 0.1) is 13.8 Å². The summed E-state index contributed by atoms with van der Waals surface area (Å²) in [5.41, 5.74) is 8.75. The molecule has 0 radical (unpaired) electrons. The number of methoxy groups -OCH3 is 1. The van der Waals surface area contributed by atoms with E-state index in [-0.39, 0.29) is 5.91 Å². The number of aromatic nitrogens is 2. The van der Waals surface area contributed by atoms with E-state index in [0.717, 1.165) is 52.6 Å². The fraction of sp³-hybridized carbons (Fsp3) is 0.333. The van der Waals surface area contributed by atoms with Gasteiger partial charge in [0.1, 0.15) is 11.5 Å². The van der Waals surface area contributed by atoms with Gasteiger partial charge in [-0.1, -0.05) is 23.7 Å². The zero-order chi connectivity index (χ0) is 25.1. The highest BCUT2D eigenvalue weighted by Crippen LogP contribution is 2.34. The van der Waals surface area contributed by atoms with E-state index >= 15 is 0 Å². The number of carbonyl (C=O) groups is 1. The number of aryl methyl sites for hydroxylation is 3. The van der Waals surface area contributed by atoms with E-state index in [1.165, 1.54) is 30.5 Å². The first-order valence-corrected chi connectivity index (χ1v) is 12.7. The Balaban J connectivity index is 1.40. The van der Waals surface area contributed by atoms with E-state index in [2.05, 4.69) is 45.4 Å². The van der Waals surface area contributed by atoms with Crippen LogP contribution < -0.4 is 10.1 Å². The quantitative estimate of drug-likeness (QED) is 0.327. The number of benzene rings is 2. The Kier molecular flexibility index (Phi) is 6.94. The van der Waals surface area contributed by atoms with Gasteiger partial charge in [0.25, 0.3) is 5.91 Å². The largest absolute Gasteiger partial charge is 0.497 e. The Morgan fingerprint density at radius 1 is 1.06 bits per heavy atom. The molecule has 2 aromatic carbocycles. The molecule has 2 heterocycles. The lowest BCUT2D eigenvalue weighted by Crippen LogP contribution is -2.25. The number of hydrogen-bond acceptors (Lipinski definition) is 4. The van der Waals surface area contributed by atoms with E-state index < -0.39 is 0 Å². The van der Waals surface area contributed by atoms with Crippen molar-refractivity contribution in [1.82, 2.24) is 15.0 Å². The van der Waals surface area contributed by atoms with Crippen molar-refractivity contribution in [3.05, 3.63) is 88.4 Å². The van der Waals surface area contributed by atoms with Gasteiger partial charge in [-0.15, -0.1) is 0 Å². The molecule has 1 N–H and O–H groups in total. The topological polar surface area (TPSA) is 69.3 Å². The van der Waals surface area contributed by atoms with Gasteiger partial charge in [0.05, 0.1) is 18.5 Å². The lowest BCUT2D eigenvalue weighted by atomic mass is 10.1. The normalized spacial score (nSPS) is 13.2. The second-order valence-electron chi connectivity index (χ2n) is 9.49. The lowest BCUT2D eigenvalue weighted by Gasteiger charge is -2.15. The molecule has 1 aliphatic carbocycles. The first-order valence-electron chi connectivity index (χ1n) is 12.7. The van der Waals surface area contributed by atoms with Crippen LogP contribution in [0.4, 0.5) is 0 Å². The maximum Gasteiger partial charge on any atom is 0.251 e. The standard InChI is InChI=1S/C30H33N3O3/c1-20-27(21(2)36-32-20)16-17-31-30(34)22-12-14-25(15-13-22)33-28-11-6-4-5-8-24(28)19-29(33)23-9-7-10-26(18-23)35-3/h7,9-10,12-15,18-19H,4-6,8,11,16-17H2,1-3H3,(H,31,34). The number of ether oxygens (including phenoxy) is 1. The van der Waals surface area contributed by atoms with Gasteiger partial charge in [0.15, 0.2) is 0 Å².